The van der Waals surface area contributed by atoms with Crippen LogP contribution in [0.3, 0.4) is 0 Å². The third-order valence-corrected chi connectivity index (χ3v) is 5.45. The van der Waals surface area contributed by atoms with Crippen LogP contribution in [0.15, 0.2) is 52.0 Å². The van der Waals surface area contributed by atoms with Crippen molar-refractivity contribution in [3.63, 3.8) is 0 Å². The molecule has 0 aliphatic rings. The van der Waals surface area contributed by atoms with Crippen molar-refractivity contribution in [3.8, 4) is 0 Å². The molecular formula is C16H12N2OS2. The van der Waals surface area contributed by atoms with Crippen LogP contribution in [0, 0.1) is 6.92 Å². The quantitative estimate of drug-likeness (QED) is 0.497. The monoisotopic (exact) mass is 312 g/mol. The molecule has 21 heavy (non-hydrogen) atoms. The minimum Gasteiger partial charge on any atom is -0.356 e. The Labute approximate surface area is 130 Å². The molecule has 104 valence electrons. The lowest BCUT2D eigenvalue weighted by Crippen LogP contribution is -1.82. The predicted octanol–water partition coefficient (Wildman–Crippen LogP) is 5.04. The Bertz CT molecular complexity index is 926. The van der Waals surface area contributed by atoms with E-state index in [9.17, 15) is 0 Å². The minimum absolute atomic E-state index is 0.833. The molecule has 0 N–H and O–H groups in total. The summed E-state index contributed by atoms with van der Waals surface area (Å²) < 4.78 is 11.2. The van der Waals surface area contributed by atoms with Gasteiger partial charge in [0.15, 0.2) is 5.58 Å². The van der Waals surface area contributed by atoms with Gasteiger partial charge in [-0.05, 0) is 30.6 Å². The standard InChI is InChI=1S/C16H12N2OS2/c1-10-12-7-4-5-11(15(12)19-17-10)9-20-16-13-6-2-3-8-14(13)21-18-16/h2-8H,9H2,1H3. The van der Waals surface area contributed by atoms with Gasteiger partial charge in [0.1, 0.15) is 5.03 Å². The van der Waals surface area contributed by atoms with E-state index < -0.39 is 0 Å². The number of rotatable bonds is 3. The van der Waals surface area contributed by atoms with Crippen molar-refractivity contribution >= 4 is 44.3 Å². The number of nitrogens with zero attached hydrogens (tertiary/aromatic N) is 2. The molecule has 0 spiro atoms. The van der Waals surface area contributed by atoms with Crippen LogP contribution in [0.1, 0.15) is 11.3 Å². The normalized spacial score (nSPS) is 11.5. The number of aryl methyl sites for hydroxylation is 1. The number of benzene rings is 2. The van der Waals surface area contributed by atoms with E-state index in [0.717, 1.165) is 33.0 Å². The Hall–Kier alpha value is -1.85. The highest BCUT2D eigenvalue weighted by molar-refractivity contribution is 7.98. The molecule has 2 heterocycles. The van der Waals surface area contributed by atoms with Crippen molar-refractivity contribution < 1.29 is 4.52 Å². The van der Waals surface area contributed by atoms with Crippen molar-refractivity contribution in [2.75, 3.05) is 0 Å². The van der Waals surface area contributed by atoms with Crippen LogP contribution in [0.2, 0.25) is 0 Å². The van der Waals surface area contributed by atoms with E-state index in [-0.39, 0.29) is 0 Å². The lowest BCUT2D eigenvalue weighted by molar-refractivity contribution is 0.449. The molecule has 0 saturated carbocycles. The van der Waals surface area contributed by atoms with Crippen LogP contribution in [-0.4, -0.2) is 9.53 Å². The highest BCUT2D eigenvalue weighted by atomic mass is 32.2. The van der Waals surface area contributed by atoms with Crippen molar-refractivity contribution in [2.24, 2.45) is 0 Å². The minimum atomic E-state index is 0.833. The van der Waals surface area contributed by atoms with Gasteiger partial charge in [-0.15, -0.1) is 0 Å². The van der Waals surface area contributed by atoms with E-state index in [2.05, 4.69) is 39.9 Å². The second-order valence-corrected chi connectivity index (χ2v) is 6.60. The first-order valence-corrected chi connectivity index (χ1v) is 8.40. The summed E-state index contributed by atoms with van der Waals surface area (Å²) in [5, 5.41) is 7.46. The Morgan fingerprint density at radius 2 is 1.95 bits per heavy atom. The first-order valence-electron chi connectivity index (χ1n) is 6.64. The molecule has 5 heteroatoms. The molecule has 0 radical (unpaired) electrons. The Kier molecular flexibility index (Phi) is 3.16. The molecule has 2 aromatic carbocycles. The summed E-state index contributed by atoms with van der Waals surface area (Å²) in [5.41, 5.74) is 2.99. The molecule has 2 aromatic heterocycles. The number of hydrogen-bond donors (Lipinski definition) is 0. The summed E-state index contributed by atoms with van der Waals surface area (Å²) in [6.45, 7) is 1.97. The van der Waals surface area contributed by atoms with Gasteiger partial charge in [-0.25, -0.2) is 0 Å². The third kappa shape index (κ3) is 2.22. The zero-order valence-corrected chi connectivity index (χ0v) is 13.0. The summed E-state index contributed by atoms with van der Waals surface area (Å²) in [5.74, 6) is 0.833. The molecule has 0 fully saturated rings. The van der Waals surface area contributed by atoms with Gasteiger partial charge < -0.3 is 4.52 Å². The molecule has 0 saturated heterocycles. The average Bonchev–Trinajstić information content (AvgIpc) is 3.10. The van der Waals surface area contributed by atoms with Gasteiger partial charge in [0.25, 0.3) is 0 Å². The summed E-state index contributed by atoms with van der Waals surface area (Å²) in [6, 6.07) is 14.5. The van der Waals surface area contributed by atoms with Crippen LogP contribution < -0.4 is 0 Å². The van der Waals surface area contributed by atoms with E-state index >= 15 is 0 Å². The van der Waals surface area contributed by atoms with Gasteiger partial charge in [-0.2, -0.15) is 4.37 Å². The average molecular weight is 312 g/mol. The third-order valence-electron chi connectivity index (χ3n) is 3.47. The maximum atomic E-state index is 5.46. The largest absolute Gasteiger partial charge is 0.356 e. The summed E-state index contributed by atoms with van der Waals surface area (Å²) in [6.07, 6.45) is 0. The highest BCUT2D eigenvalue weighted by Crippen LogP contribution is 2.33. The number of thioether (sulfide) groups is 1. The molecule has 0 atom stereocenters. The van der Waals surface area contributed by atoms with Gasteiger partial charge >= 0.3 is 0 Å². The van der Waals surface area contributed by atoms with E-state index in [1.54, 1.807) is 23.3 Å². The number of fused-ring (bicyclic) bond motifs is 2. The van der Waals surface area contributed by atoms with Crippen molar-refractivity contribution in [3.05, 3.63) is 53.7 Å². The molecule has 0 amide bonds. The number of para-hydroxylation sites is 1. The van der Waals surface area contributed by atoms with E-state index in [4.69, 9.17) is 4.52 Å². The van der Waals surface area contributed by atoms with Gasteiger partial charge in [-0.3, -0.25) is 0 Å². The van der Waals surface area contributed by atoms with Crippen LogP contribution in [0.25, 0.3) is 21.1 Å². The predicted molar refractivity (Wildman–Crippen MR) is 87.9 cm³/mol. The lowest BCUT2D eigenvalue weighted by atomic mass is 10.1. The molecule has 4 aromatic rings. The first kappa shape index (κ1) is 12.9. The van der Waals surface area contributed by atoms with Crippen LogP contribution in [0.5, 0.6) is 0 Å². The van der Waals surface area contributed by atoms with E-state index in [0.29, 0.717) is 0 Å². The smallest absolute Gasteiger partial charge is 0.171 e. The fourth-order valence-electron chi connectivity index (χ4n) is 2.37. The lowest BCUT2D eigenvalue weighted by Gasteiger charge is -2.00. The second-order valence-electron chi connectivity index (χ2n) is 4.83. The topological polar surface area (TPSA) is 38.9 Å². The van der Waals surface area contributed by atoms with Crippen LogP contribution >= 0.6 is 23.3 Å². The summed E-state index contributed by atoms with van der Waals surface area (Å²) in [7, 11) is 0. The first-order chi connectivity index (χ1) is 10.3. The second kappa shape index (κ2) is 5.16. The Balaban J connectivity index is 1.66. The Morgan fingerprint density at radius 3 is 2.90 bits per heavy atom. The maximum absolute atomic E-state index is 5.46. The zero-order valence-electron chi connectivity index (χ0n) is 11.4. The van der Waals surface area contributed by atoms with E-state index in [1.165, 1.54) is 10.1 Å². The van der Waals surface area contributed by atoms with Crippen molar-refractivity contribution in [1.29, 1.82) is 0 Å². The molecule has 0 bridgehead atoms. The molecule has 4 rings (SSSR count). The SMILES string of the molecule is Cc1noc2c(CSc3nsc4ccccc34)cccc12. The maximum Gasteiger partial charge on any atom is 0.171 e. The van der Waals surface area contributed by atoms with E-state index in [1.807, 2.05) is 19.1 Å². The van der Waals surface area contributed by atoms with Crippen molar-refractivity contribution in [2.45, 2.75) is 17.7 Å². The molecule has 0 aliphatic carbocycles. The molecule has 0 aliphatic heterocycles. The van der Waals surface area contributed by atoms with Crippen LogP contribution in [0.4, 0.5) is 0 Å². The molecule has 0 unspecified atom stereocenters. The zero-order chi connectivity index (χ0) is 14.2. The fourth-order valence-corrected chi connectivity index (χ4v) is 4.29. The molecule has 3 nitrogen and oxygen atoms in total. The van der Waals surface area contributed by atoms with Crippen molar-refractivity contribution in [1.82, 2.24) is 9.53 Å². The van der Waals surface area contributed by atoms with Gasteiger partial charge in [0, 0.05) is 22.1 Å². The van der Waals surface area contributed by atoms with Gasteiger partial charge in [0.2, 0.25) is 0 Å². The Morgan fingerprint density at radius 1 is 1.10 bits per heavy atom. The molecular weight excluding hydrogens is 300 g/mol. The fraction of sp³-hybridized carbons (Fsp3) is 0.125. The summed E-state index contributed by atoms with van der Waals surface area (Å²) in [4.78, 5) is 0. The summed E-state index contributed by atoms with van der Waals surface area (Å²) >= 11 is 3.30. The number of hydrogen-bond acceptors (Lipinski definition) is 5. The highest BCUT2D eigenvalue weighted by Gasteiger charge is 2.11. The number of aromatic nitrogens is 2. The van der Waals surface area contributed by atoms with Gasteiger partial charge in [0.05, 0.1) is 10.4 Å². The van der Waals surface area contributed by atoms with Crippen LogP contribution in [-0.2, 0) is 5.75 Å². The van der Waals surface area contributed by atoms with Gasteiger partial charge in [-0.1, -0.05) is 47.3 Å².